The van der Waals surface area contributed by atoms with E-state index in [1.807, 2.05) is 19.2 Å². The summed E-state index contributed by atoms with van der Waals surface area (Å²) in [6.07, 6.45) is 3.28. The number of halogens is 3. The van der Waals surface area contributed by atoms with Crippen LogP contribution in [-0.2, 0) is 0 Å². The number of rotatable bonds is 2. The van der Waals surface area contributed by atoms with E-state index in [1.165, 1.54) is 0 Å². The van der Waals surface area contributed by atoms with Crippen LogP contribution in [0.25, 0.3) is 0 Å². The molecule has 1 aliphatic carbocycles. The monoisotopic (exact) mass is 305 g/mol. The normalized spacial score (nSPS) is 25.0. The third-order valence-corrected chi connectivity index (χ3v) is 4.61. The van der Waals surface area contributed by atoms with E-state index in [0.29, 0.717) is 10.5 Å². The van der Waals surface area contributed by atoms with Crippen molar-refractivity contribution >= 4 is 27.5 Å². The van der Waals surface area contributed by atoms with Gasteiger partial charge in [-0.05, 0) is 47.4 Å². The molecule has 1 aliphatic rings. The zero-order valence-electron chi connectivity index (χ0n) is 9.06. The highest BCUT2D eigenvalue weighted by molar-refractivity contribution is 9.10. The highest BCUT2D eigenvalue weighted by atomic mass is 79.9. The molecule has 1 saturated carbocycles. The standard InChI is InChI=1S/C12H14BrClFN/c1-16-10-4-2-3-7(10)8-5-6-9(13)11(14)12(8)15/h5-7,10,16H,2-4H2,1H3. The van der Waals surface area contributed by atoms with Gasteiger partial charge in [0.05, 0.1) is 5.02 Å². The van der Waals surface area contributed by atoms with Crippen molar-refractivity contribution in [2.24, 2.45) is 0 Å². The molecule has 1 N–H and O–H groups in total. The van der Waals surface area contributed by atoms with Crippen molar-refractivity contribution in [3.05, 3.63) is 33.0 Å². The predicted octanol–water partition coefficient (Wildman–Crippen LogP) is 4.10. The largest absolute Gasteiger partial charge is 0.316 e. The molecule has 0 spiro atoms. The smallest absolute Gasteiger partial charge is 0.146 e. The molecule has 2 atom stereocenters. The molecule has 0 aliphatic heterocycles. The molecule has 0 radical (unpaired) electrons. The van der Waals surface area contributed by atoms with Crippen LogP contribution in [0, 0.1) is 5.82 Å². The van der Waals surface area contributed by atoms with Crippen molar-refractivity contribution in [3.8, 4) is 0 Å². The van der Waals surface area contributed by atoms with Gasteiger partial charge in [-0.1, -0.05) is 24.1 Å². The fourth-order valence-electron chi connectivity index (χ4n) is 2.51. The molecule has 1 aromatic rings. The summed E-state index contributed by atoms with van der Waals surface area (Å²) in [6, 6.07) is 4.03. The molecule has 0 amide bonds. The van der Waals surface area contributed by atoms with Crippen LogP contribution < -0.4 is 5.32 Å². The SMILES string of the molecule is CNC1CCCC1c1ccc(Br)c(Cl)c1F. The summed E-state index contributed by atoms with van der Waals surface area (Å²) in [7, 11) is 1.93. The molecule has 0 aromatic heterocycles. The average molecular weight is 307 g/mol. The van der Waals surface area contributed by atoms with Crippen molar-refractivity contribution in [1.29, 1.82) is 0 Å². The van der Waals surface area contributed by atoms with Crippen LogP contribution in [0.1, 0.15) is 30.7 Å². The van der Waals surface area contributed by atoms with Gasteiger partial charge >= 0.3 is 0 Å². The number of likely N-dealkylation sites (N-methyl/N-ethyl adjacent to an activating group) is 1. The van der Waals surface area contributed by atoms with Crippen LogP contribution in [0.4, 0.5) is 4.39 Å². The Kier molecular flexibility index (Phi) is 3.88. The predicted molar refractivity (Wildman–Crippen MR) is 68.5 cm³/mol. The number of benzene rings is 1. The summed E-state index contributed by atoms with van der Waals surface area (Å²) in [6.45, 7) is 0. The Morgan fingerprint density at radius 1 is 1.44 bits per heavy atom. The molecule has 0 saturated heterocycles. The average Bonchev–Trinajstić information content (AvgIpc) is 2.74. The first-order chi connectivity index (χ1) is 7.65. The Labute approximate surface area is 109 Å². The summed E-state index contributed by atoms with van der Waals surface area (Å²) in [5.41, 5.74) is 0.741. The van der Waals surface area contributed by atoms with Crippen LogP contribution in [-0.4, -0.2) is 13.1 Å². The van der Waals surface area contributed by atoms with Gasteiger partial charge < -0.3 is 5.32 Å². The first-order valence-electron chi connectivity index (χ1n) is 5.45. The maximum atomic E-state index is 14.0. The fourth-order valence-corrected chi connectivity index (χ4v) is 2.98. The number of nitrogens with one attached hydrogen (secondary N) is 1. The Morgan fingerprint density at radius 2 is 2.19 bits per heavy atom. The summed E-state index contributed by atoms with van der Waals surface area (Å²) >= 11 is 9.14. The van der Waals surface area contributed by atoms with Crippen molar-refractivity contribution in [2.45, 2.75) is 31.2 Å². The van der Waals surface area contributed by atoms with E-state index >= 15 is 0 Å². The lowest BCUT2D eigenvalue weighted by Crippen LogP contribution is -2.28. The minimum absolute atomic E-state index is 0.194. The zero-order chi connectivity index (χ0) is 11.7. The van der Waals surface area contributed by atoms with E-state index in [0.717, 1.165) is 24.8 Å². The summed E-state index contributed by atoms with van der Waals surface area (Å²) in [5.74, 6) is -0.0289. The molecular formula is C12H14BrClFN. The van der Waals surface area contributed by atoms with Crippen molar-refractivity contribution in [3.63, 3.8) is 0 Å². The Morgan fingerprint density at radius 3 is 2.88 bits per heavy atom. The van der Waals surface area contributed by atoms with Crippen molar-refractivity contribution < 1.29 is 4.39 Å². The highest BCUT2D eigenvalue weighted by Crippen LogP contribution is 2.39. The van der Waals surface area contributed by atoms with E-state index in [-0.39, 0.29) is 16.8 Å². The Hall–Kier alpha value is -0.120. The summed E-state index contributed by atoms with van der Waals surface area (Å²) < 4.78 is 14.7. The van der Waals surface area contributed by atoms with Gasteiger partial charge in [-0.2, -0.15) is 0 Å². The second kappa shape index (κ2) is 5.03. The highest BCUT2D eigenvalue weighted by Gasteiger charge is 2.30. The first-order valence-corrected chi connectivity index (χ1v) is 6.63. The minimum atomic E-state index is -0.275. The number of hydrogen-bond acceptors (Lipinski definition) is 1. The topological polar surface area (TPSA) is 12.0 Å². The van der Waals surface area contributed by atoms with Gasteiger partial charge in [-0.15, -0.1) is 0 Å². The molecule has 1 aromatic carbocycles. The molecule has 1 fully saturated rings. The second-order valence-corrected chi connectivity index (χ2v) is 5.43. The van der Waals surface area contributed by atoms with Crippen LogP contribution in [0.15, 0.2) is 16.6 Å². The molecule has 2 unspecified atom stereocenters. The molecule has 0 heterocycles. The lowest BCUT2D eigenvalue weighted by molar-refractivity contribution is 0.497. The Balaban J connectivity index is 2.37. The van der Waals surface area contributed by atoms with Gasteiger partial charge in [0.25, 0.3) is 0 Å². The third-order valence-electron chi connectivity index (χ3n) is 3.35. The van der Waals surface area contributed by atoms with Gasteiger partial charge in [0.2, 0.25) is 0 Å². The first kappa shape index (κ1) is 12.3. The van der Waals surface area contributed by atoms with E-state index in [2.05, 4.69) is 21.2 Å². The van der Waals surface area contributed by atoms with E-state index in [4.69, 9.17) is 11.6 Å². The lowest BCUT2D eigenvalue weighted by atomic mass is 9.93. The van der Waals surface area contributed by atoms with Gasteiger partial charge in [0.15, 0.2) is 0 Å². The molecule has 88 valence electrons. The Bertz CT molecular complexity index is 397. The molecule has 0 bridgehead atoms. The maximum absolute atomic E-state index is 14.0. The van der Waals surface area contributed by atoms with E-state index in [1.54, 1.807) is 0 Å². The molecule has 4 heteroatoms. The minimum Gasteiger partial charge on any atom is -0.316 e. The van der Waals surface area contributed by atoms with Gasteiger partial charge in [0.1, 0.15) is 5.82 Å². The van der Waals surface area contributed by atoms with E-state index in [9.17, 15) is 4.39 Å². The third kappa shape index (κ3) is 2.13. The van der Waals surface area contributed by atoms with Crippen molar-refractivity contribution in [2.75, 3.05) is 7.05 Å². The molecular weight excluding hydrogens is 292 g/mol. The molecule has 2 rings (SSSR count). The fraction of sp³-hybridized carbons (Fsp3) is 0.500. The van der Waals surface area contributed by atoms with Gasteiger partial charge in [-0.3, -0.25) is 0 Å². The zero-order valence-corrected chi connectivity index (χ0v) is 11.4. The van der Waals surface area contributed by atoms with E-state index < -0.39 is 0 Å². The van der Waals surface area contributed by atoms with Crippen molar-refractivity contribution in [1.82, 2.24) is 5.32 Å². The van der Waals surface area contributed by atoms with Crippen LogP contribution in [0.5, 0.6) is 0 Å². The van der Waals surface area contributed by atoms with Crippen LogP contribution >= 0.6 is 27.5 Å². The van der Waals surface area contributed by atoms with Gasteiger partial charge in [0, 0.05) is 16.4 Å². The van der Waals surface area contributed by atoms with Gasteiger partial charge in [-0.25, -0.2) is 4.39 Å². The number of hydrogen-bond donors (Lipinski definition) is 1. The summed E-state index contributed by atoms with van der Waals surface area (Å²) in [4.78, 5) is 0. The molecule has 1 nitrogen and oxygen atoms in total. The van der Waals surface area contributed by atoms with Crippen LogP contribution in [0.2, 0.25) is 5.02 Å². The quantitative estimate of drug-likeness (QED) is 0.811. The maximum Gasteiger partial charge on any atom is 0.146 e. The van der Waals surface area contributed by atoms with Crippen LogP contribution in [0.3, 0.4) is 0 Å². The summed E-state index contributed by atoms with van der Waals surface area (Å²) in [5, 5.41) is 3.45. The lowest BCUT2D eigenvalue weighted by Gasteiger charge is -2.20. The second-order valence-electron chi connectivity index (χ2n) is 4.20. The molecule has 16 heavy (non-hydrogen) atoms.